The number of amides is 2. The molecular formula is C19H19F4N3O2. The Balaban J connectivity index is 1.82. The zero-order chi connectivity index (χ0) is 20.5. The highest BCUT2D eigenvalue weighted by Gasteiger charge is 2.32. The van der Waals surface area contributed by atoms with Gasteiger partial charge in [-0.2, -0.15) is 13.2 Å². The molecule has 0 saturated heterocycles. The quantitative estimate of drug-likeness (QED) is 0.789. The van der Waals surface area contributed by atoms with Crippen molar-refractivity contribution in [3.63, 3.8) is 0 Å². The van der Waals surface area contributed by atoms with Gasteiger partial charge in [0.05, 0.1) is 6.04 Å². The number of carbonyl (C=O) groups is 2. The van der Waals surface area contributed by atoms with Crippen LogP contribution in [0.25, 0.3) is 0 Å². The molecule has 150 valence electrons. The molecule has 1 aliphatic heterocycles. The molecule has 0 saturated carbocycles. The van der Waals surface area contributed by atoms with Crippen LogP contribution in [-0.4, -0.2) is 34.0 Å². The Morgan fingerprint density at radius 2 is 1.96 bits per heavy atom. The Kier molecular flexibility index (Phi) is 5.44. The number of nitrogens with zero attached hydrogens (tertiary/aromatic N) is 2. The minimum atomic E-state index is -4.67. The number of fused-ring (bicyclic) bond motifs is 1. The summed E-state index contributed by atoms with van der Waals surface area (Å²) >= 11 is 0. The van der Waals surface area contributed by atoms with Gasteiger partial charge in [-0.25, -0.2) is 4.39 Å². The van der Waals surface area contributed by atoms with Crippen LogP contribution in [0.1, 0.15) is 41.9 Å². The van der Waals surface area contributed by atoms with Gasteiger partial charge in [0, 0.05) is 36.2 Å². The first-order valence-corrected chi connectivity index (χ1v) is 8.81. The van der Waals surface area contributed by atoms with Crippen molar-refractivity contribution >= 4 is 17.5 Å². The second kappa shape index (κ2) is 7.65. The van der Waals surface area contributed by atoms with Gasteiger partial charge in [0.25, 0.3) is 5.91 Å². The van der Waals surface area contributed by atoms with Crippen molar-refractivity contribution in [3.8, 4) is 0 Å². The molecule has 3 rings (SSSR count). The van der Waals surface area contributed by atoms with Crippen molar-refractivity contribution in [2.24, 2.45) is 0 Å². The molecule has 1 aliphatic rings. The lowest BCUT2D eigenvalue weighted by atomic mass is 10.0. The smallest absolute Gasteiger partial charge is 0.348 e. The Morgan fingerprint density at radius 3 is 2.64 bits per heavy atom. The molecule has 0 radical (unpaired) electrons. The number of hydrogen-bond acceptors (Lipinski definition) is 2. The molecule has 2 amide bonds. The van der Waals surface area contributed by atoms with Crippen LogP contribution in [0.15, 0.2) is 36.5 Å². The van der Waals surface area contributed by atoms with E-state index < -0.39 is 30.2 Å². The molecule has 0 spiro atoms. The van der Waals surface area contributed by atoms with Gasteiger partial charge in [-0.1, -0.05) is 6.92 Å². The van der Waals surface area contributed by atoms with Crippen molar-refractivity contribution in [1.82, 2.24) is 9.47 Å². The molecule has 2 aromatic rings. The molecule has 28 heavy (non-hydrogen) atoms. The molecule has 2 heterocycles. The molecular weight excluding hydrogens is 378 g/mol. The van der Waals surface area contributed by atoms with Crippen molar-refractivity contribution in [3.05, 3.63) is 53.6 Å². The summed E-state index contributed by atoms with van der Waals surface area (Å²) in [5.41, 5.74) is 0.754. The fourth-order valence-corrected chi connectivity index (χ4v) is 3.48. The van der Waals surface area contributed by atoms with E-state index in [1.165, 1.54) is 6.07 Å². The fourth-order valence-electron chi connectivity index (χ4n) is 3.48. The van der Waals surface area contributed by atoms with Crippen LogP contribution in [-0.2, 0) is 11.3 Å². The lowest BCUT2D eigenvalue weighted by Gasteiger charge is -2.36. The van der Waals surface area contributed by atoms with Crippen LogP contribution in [0.3, 0.4) is 0 Å². The number of aromatic nitrogens is 1. The zero-order valence-corrected chi connectivity index (χ0v) is 15.1. The maximum absolute atomic E-state index is 14.0. The van der Waals surface area contributed by atoms with E-state index >= 15 is 0 Å². The summed E-state index contributed by atoms with van der Waals surface area (Å²) in [5, 5.41) is 2.00. The van der Waals surface area contributed by atoms with E-state index in [2.05, 4.69) is 0 Å². The van der Waals surface area contributed by atoms with Gasteiger partial charge in [0.2, 0.25) is 5.91 Å². The van der Waals surface area contributed by atoms with Crippen molar-refractivity contribution in [2.45, 2.75) is 38.5 Å². The van der Waals surface area contributed by atoms with Gasteiger partial charge in [-0.3, -0.25) is 9.59 Å². The lowest BCUT2D eigenvalue weighted by Crippen LogP contribution is -2.41. The fraction of sp³-hybridized carbons (Fsp3) is 0.368. The third-order valence-corrected chi connectivity index (χ3v) is 4.60. The minimum Gasteiger partial charge on any atom is -0.348 e. The van der Waals surface area contributed by atoms with Gasteiger partial charge in [-0.15, -0.1) is 0 Å². The molecule has 0 bridgehead atoms. The number of carbonyl (C=O) groups excluding carboxylic acids is 2. The van der Waals surface area contributed by atoms with Crippen molar-refractivity contribution in [2.75, 3.05) is 11.9 Å². The third kappa shape index (κ3) is 4.35. The summed E-state index contributed by atoms with van der Waals surface area (Å²) in [4.78, 5) is 26.1. The largest absolute Gasteiger partial charge is 0.397 e. The monoisotopic (exact) mass is 397 g/mol. The Morgan fingerprint density at radius 1 is 1.21 bits per heavy atom. The van der Waals surface area contributed by atoms with Gasteiger partial charge in [0.15, 0.2) is 0 Å². The van der Waals surface area contributed by atoms with Crippen LogP contribution in [0.2, 0.25) is 0 Å². The summed E-state index contributed by atoms with van der Waals surface area (Å²) in [6.07, 6.45) is -3.78. The summed E-state index contributed by atoms with van der Waals surface area (Å²) in [6.45, 7) is 2.95. The number of hydrogen-bond donors (Lipinski definition) is 1. The highest BCUT2D eigenvalue weighted by Crippen LogP contribution is 2.30. The average Bonchev–Trinajstić information content (AvgIpc) is 3.06. The first-order chi connectivity index (χ1) is 13.2. The standard InChI is InChI=1S/C19H19F4N3O2/c1-2-15-16-4-3-5-25(16)6-7-26(15)18(28)12-8-13(20)10-14(9-12)24-17(27)11-19(21,22)23/h3-5,8-10,15H,2,6-7,11H2,1H3,(H,24,27). The molecule has 1 N–H and O–H groups in total. The summed E-state index contributed by atoms with van der Waals surface area (Å²) in [6, 6.07) is 6.71. The highest BCUT2D eigenvalue weighted by atomic mass is 19.4. The predicted molar refractivity (Wildman–Crippen MR) is 94.2 cm³/mol. The molecule has 1 aromatic carbocycles. The number of alkyl halides is 3. The Labute approximate surface area is 158 Å². The second-order valence-corrected chi connectivity index (χ2v) is 6.62. The summed E-state index contributed by atoms with van der Waals surface area (Å²) in [7, 11) is 0. The maximum Gasteiger partial charge on any atom is 0.397 e. The highest BCUT2D eigenvalue weighted by molar-refractivity contribution is 5.97. The number of anilines is 1. The Hall–Kier alpha value is -2.84. The molecule has 1 unspecified atom stereocenters. The predicted octanol–water partition coefficient (Wildman–Crippen LogP) is 4.13. The molecule has 5 nitrogen and oxygen atoms in total. The van der Waals surface area contributed by atoms with Gasteiger partial charge < -0.3 is 14.8 Å². The first kappa shape index (κ1) is 19.9. The molecule has 9 heteroatoms. The minimum absolute atomic E-state index is 0.0271. The van der Waals surface area contributed by atoms with E-state index in [-0.39, 0.29) is 17.3 Å². The maximum atomic E-state index is 14.0. The average molecular weight is 397 g/mol. The van der Waals surface area contributed by atoms with E-state index in [1.54, 1.807) is 4.90 Å². The number of halogens is 4. The zero-order valence-electron chi connectivity index (χ0n) is 15.1. The molecule has 0 fully saturated rings. The van der Waals surface area contributed by atoms with E-state index in [0.717, 1.165) is 17.8 Å². The first-order valence-electron chi connectivity index (χ1n) is 8.81. The van der Waals surface area contributed by atoms with Gasteiger partial charge in [0.1, 0.15) is 12.2 Å². The molecule has 1 atom stereocenters. The second-order valence-electron chi connectivity index (χ2n) is 6.62. The number of rotatable bonds is 4. The summed E-state index contributed by atoms with van der Waals surface area (Å²) < 4.78 is 53.0. The SMILES string of the molecule is CCC1c2cccn2CCN1C(=O)c1cc(F)cc(NC(=O)CC(F)(F)F)c1. The van der Waals surface area contributed by atoms with Gasteiger partial charge in [-0.05, 0) is 36.8 Å². The van der Waals surface area contributed by atoms with Gasteiger partial charge >= 0.3 is 6.18 Å². The van der Waals surface area contributed by atoms with Crippen molar-refractivity contribution in [1.29, 1.82) is 0 Å². The van der Waals surface area contributed by atoms with E-state index in [9.17, 15) is 27.2 Å². The van der Waals surface area contributed by atoms with Crippen LogP contribution in [0.4, 0.5) is 23.2 Å². The molecule has 0 aliphatic carbocycles. The third-order valence-electron chi connectivity index (χ3n) is 4.60. The summed E-state index contributed by atoms with van der Waals surface area (Å²) in [5.74, 6) is -2.58. The van der Waals surface area contributed by atoms with E-state index in [4.69, 9.17) is 0 Å². The normalized spacial score (nSPS) is 16.6. The Bertz CT molecular complexity index is 892. The van der Waals surface area contributed by atoms with Crippen LogP contribution in [0.5, 0.6) is 0 Å². The van der Waals surface area contributed by atoms with E-state index in [0.29, 0.717) is 19.5 Å². The lowest BCUT2D eigenvalue weighted by molar-refractivity contribution is -0.150. The number of nitrogens with one attached hydrogen (secondary N) is 1. The van der Waals surface area contributed by atoms with Crippen molar-refractivity contribution < 1.29 is 27.2 Å². The van der Waals surface area contributed by atoms with Crippen LogP contribution < -0.4 is 5.32 Å². The molecule has 1 aromatic heterocycles. The van der Waals surface area contributed by atoms with Crippen LogP contribution >= 0.6 is 0 Å². The topological polar surface area (TPSA) is 54.3 Å². The number of benzene rings is 1. The van der Waals surface area contributed by atoms with E-state index in [1.807, 2.05) is 35.1 Å². The van der Waals surface area contributed by atoms with Crippen LogP contribution in [0, 0.1) is 5.82 Å².